The fourth-order valence-corrected chi connectivity index (χ4v) is 6.46. The molecule has 3 saturated heterocycles. The number of hydrogen-bond acceptors (Lipinski definition) is 3. The number of para-hydroxylation sites is 1. The number of aliphatic imine (C=N–C) groups is 1. The van der Waals surface area contributed by atoms with Gasteiger partial charge in [0.15, 0.2) is 0 Å². The van der Waals surface area contributed by atoms with Gasteiger partial charge in [0.2, 0.25) is 0 Å². The molecule has 1 saturated carbocycles. The van der Waals surface area contributed by atoms with Crippen LogP contribution in [0.1, 0.15) is 25.3 Å². The van der Waals surface area contributed by atoms with Crippen LogP contribution in [-0.4, -0.2) is 42.5 Å². The first-order valence-corrected chi connectivity index (χ1v) is 8.83. The molecule has 6 unspecified atom stereocenters. The molecule has 1 aromatic rings. The summed E-state index contributed by atoms with van der Waals surface area (Å²) in [6.07, 6.45) is 2.98. The Bertz CT molecular complexity index is 698. The quantitative estimate of drug-likeness (QED) is 0.735. The summed E-state index contributed by atoms with van der Waals surface area (Å²) in [5.41, 5.74) is 4.42. The molecule has 0 amide bonds. The Labute approximate surface area is 131 Å². The molecule has 1 aliphatic carbocycles. The van der Waals surface area contributed by atoms with E-state index in [4.69, 9.17) is 9.73 Å². The van der Waals surface area contributed by atoms with E-state index < -0.39 is 0 Å². The van der Waals surface area contributed by atoms with E-state index in [1.54, 1.807) is 0 Å². The molecule has 4 fully saturated rings. The van der Waals surface area contributed by atoms with Gasteiger partial charge in [-0.2, -0.15) is 0 Å². The standard InChI is InChI=1S/C19H22N2O/c1-11-13-9-21-7-6-19-14-4-2-3-5-16(14)20-18(19)17(21)8-12(13)15(19)10-22-11/h2-5,11-13,15,17H,6-10H2,1H3. The number of ether oxygens (including phenoxy) is 1. The van der Waals surface area contributed by atoms with Gasteiger partial charge in [-0.05, 0) is 37.3 Å². The first kappa shape index (κ1) is 12.3. The molecule has 3 bridgehead atoms. The normalized spacial score (nSPS) is 47.9. The van der Waals surface area contributed by atoms with Crippen molar-refractivity contribution in [1.82, 2.24) is 4.90 Å². The van der Waals surface area contributed by atoms with Crippen molar-refractivity contribution in [3.8, 4) is 0 Å². The first-order valence-electron chi connectivity index (χ1n) is 8.83. The molecule has 6 rings (SSSR count). The highest BCUT2D eigenvalue weighted by Crippen LogP contribution is 2.61. The molecule has 0 N–H and O–H groups in total. The predicted molar refractivity (Wildman–Crippen MR) is 85.7 cm³/mol. The topological polar surface area (TPSA) is 24.8 Å². The minimum Gasteiger partial charge on any atom is -0.378 e. The van der Waals surface area contributed by atoms with Crippen molar-refractivity contribution < 1.29 is 4.74 Å². The SMILES string of the molecule is CC1OCC2C3CC4C5=Nc6ccccc6C52CCN4CC13. The van der Waals surface area contributed by atoms with Crippen LogP contribution >= 0.6 is 0 Å². The Balaban J connectivity index is 1.61. The molecule has 22 heavy (non-hydrogen) atoms. The van der Waals surface area contributed by atoms with Crippen LogP contribution in [0.2, 0.25) is 0 Å². The largest absolute Gasteiger partial charge is 0.378 e. The van der Waals surface area contributed by atoms with Gasteiger partial charge in [-0.3, -0.25) is 9.89 Å². The van der Waals surface area contributed by atoms with Crippen LogP contribution < -0.4 is 0 Å². The summed E-state index contributed by atoms with van der Waals surface area (Å²) in [7, 11) is 0. The van der Waals surface area contributed by atoms with E-state index in [9.17, 15) is 0 Å². The molecular weight excluding hydrogens is 272 g/mol. The van der Waals surface area contributed by atoms with Crippen molar-refractivity contribution in [3.05, 3.63) is 29.8 Å². The van der Waals surface area contributed by atoms with Crippen molar-refractivity contribution in [2.75, 3.05) is 19.7 Å². The van der Waals surface area contributed by atoms with Crippen LogP contribution in [0.15, 0.2) is 29.3 Å². The fraction of sp³-hybridized carbons (Fsp3) is 0.632. The third-order valence-corrected chi connectivity index (χ3v) is 7.41. The van der Waals surface area contributed by atoms with Crippen molar-refractivity contribution >= 4 is 11.4 Å². The lowest BCUT2D eigenvalue weighted by Gasteiger charge is -2.64. The molecule has 0 spiro atoms. The highest BCUT2D eigenvalue weighted by atomic mass is 16.5. The fourth-order valence-electron chi connectivity index (χ4n) is 6.46. The molecule has 114 valence electrons. The highest BCUT2D eigenvalue weighted by molar-refractivity contribution is 6.07. The molecule has 1 aromatic carbocycles. The summed E-state index contributed by atoms with van der Waals surface area (Å²) in [4.78, 5) is 7.87. The molecule has 3 nitrogen and oxygen atoms in total. The number of nitrogens with zero attached hydrogens (tertiary/aromatic N) is 2. The van der Waals surface area contributed by atoms with E-state index in [-0.39, 0.29) is 5.41 Å². The van der Waals surface area contributed by atoms with E-state index >= 15 is 0 Å². The van der Waals surface area contributed by atoms with Gasteiger partial charge < -0.3 is 4.74 Å². The van der Waals surface area contributed by atoms with Crippen molar-refractivity contribution in [2.24, 2.45) is 22.7 Å². The second kappa shape index (κ2) is 3.82. The third kappa shape index (κ3) is 1.19. The van der Waals surface area contributed by atoms with E-state index in [2.05, 4.69) is 36.1 Å². The van der Waals surface area contributed by atoms with Gasteiger partial charge in [-0.1, -0.05) is 18.2 Å². The van der Waals surface area contributed by atoms with Gasteiger partial charge >= 0.3 is 0 Å². The first-order chi connectivity index (χ1) is 10.8. The van der Waals surface area contributed by atoms with Gasteiger partial charge in [0.1, 0.15) is 0 Å². The van der Waals surface area contributed by atoms with Crippen LogP contribution in [0.25, 0.3) is 0 Å². The van der Waals surface area contributed by atoms with Gasteiger partial charge in [0, 0.05) is 42.1 Å². The Kier molecular flexibility index (Phi) is 2.13. The average Bonchev–Trinajstić information content (AvgIpc) is 2.90. The summed E-state index contributed by atoms with van der Waals surface area (Å²) in [6, 6.07) is 9.50. The Hall–Kier alpha value is -1.19. The van der Waals surface area contributed by atoms with Gasteiger partial charge in [-0.25, -0.2) is 0 Å². The lowest BCUT2D eigenvalue weighted by atomic mass is 9.49. The molecule has 0 aromatic heterocycles. The maximum Gasteiger partial charge on any atom is 0.0671 e. The Morgan fingerprint density at radius 3 is 3.14 bits per heavy atom. The monoisotopic (exact) mass is 294 g/mol. The van der Waals surface area contributed by atoms with E-state index in [0.717, 1.165) is 18.4 Å². The summed E-state index contributed by atoms with van der Waals surface area (Å²) in [5.74, 6) is 2.20. The number of piperidine rings is 2. The minimum atomic E-state index is 0.194. The van der Waals surface area contributed by atoms with E-state index in [0.29, 0.717) is 18.1 Å². The molecular formula is C19H22N2O. The van der Waals surface area contributed by atoms with Crippen molar-refractivity contribution in [3.63, 3.8) is 0 Å². The Morgan fingerprint density at radius 2 is 2.18 bits per heavy atom. The average molecular weight is 294 g/mol. The number of rotatable bonds is 0. The number of benzene rings is 1. The zero-order valence-corrected chi connectivity index (χ0v) is 13.0. The molecule has 4 heterocycles. The van der Waals surface area contributed by atoms with Crippen molar-refractivity contribution in [1.29, 1.82) is 0 Å². The maximum atomic E-state index is 6.26. The molecule has 6 atom stereocenters. The predicted octanol–water partition coefficient (Wildman–Crippen LogP) is 2.77. The van der Waals surface area contributed by atoms with Crippen LogP contribution in [0.3, 0.4) is 0 Å². The van der Waals surface area contributed by atoms with Crippen LogP contribution in [-0.2, 0) is 10.2 Å². The highest BCUT2D eigenvalue weighted by Gasteiger charge is 2.65. The lowest BCUT2D eigenvalue weighted by Crippen LogP contribution is -2.72. The minimum absolute atomic E-state index is 0.194. The summed E-state index contributed by atoms with van der Waals surface area (Å²) >= 11 is 0. The second-order valence-corrected chi connectivity index (χ2v) is 7.95. The number of fused-ring (bicyclic) bond motifs is 1. The molecule has 3 heteroatoms. The molecule has 5 aliphatic rings. The van der Waals surface area contributed by atoms with E-state index in [1.807, 2.05) is 0 Å². The smallest absolute Gasteiger partial charge is 0.0671 e. The summed E-state index contributed by atoms with van der Waals surface area (Å²) in [6.45, 7) is 5.69. The summed E-state index contributed by atoms with van der Waals surface area (Å²) < 4.78 is 6.26. The second-order valence-electron chi connectivity index (χ2n) is 7.95. The van der Waals surface area contributed by atoms with Gasteiger partial charge in [0.25, 0.3) is 0 Å². The van der Waals surface area contributed by atoms with Gasteiger partial charge in [-0.15, -0.1) is 0 Å². The summed E-state index contributed by atoms with van der Waals surface area (Å²) in [5, 5.41) is 0. The van der Waals surface area contributed by atoms with E-state index in [1.165, 1.54) is 42.9 Å². The molecule has 4 aliphatic heterocycles. The lowest BCUT2D eigenvalue weighted by molar-refractivity contribution is -0.152. The third-order valence-electron chi connectivity index (χ3n) is 7.41. The Morgan fingerprint density at radius 1 is 1.27 bits per heavy atom. The zero-order chi connectivity index (χ0) is 14.5. The van der Waals surface area contributed by atoms with Crippen LogP contribution in [0.4, 0.5) is 5.69 Å². The zero-order valence-electron chi connectivity index (χ0n) is 13.0. The maximum absolute atomic E-state index is 6.26. The number of hydrogen-bond donors (Lipinski definition) is 0. The van der Waals surface area contributed by atoms with Gasteiger partial charge in [0.05, 0.1) is 18.4 Å². The van der Waals surface area contributed by atoms with Crippen LogP contribution in [0.5, 0.6) is 0 Å². The van der Waals surface area contributed by atoms with Crippen molar-refractivity contribution in [2.45, 2.75) is 37.3 Å². The van der Waals surface area contributed by atoms with Crippen LogP contribution in [0, 0.1) is 17.8 Å². The molecule has 0 radical (unpaired) electrons.